The summed E-state index contributed by atoms with van der Waals surface area (Å²) in [6.45, 7) is 10.1. The van der Waals surface area contributed by atoms with Gasteiger partial charge in [-0.2, -0.15) is 0 Å². The first-order chi connectivity index (χ1) is 10.7. The molecule has 0 spiro atoms. The van der Waals surface area contributed by atoms with Crippen molar-refractivity contribution in [1.82, 2.24) is 9.55 Å². The molecule has 0 bridgehead atoms. The van der Waals surface area contributed by atoms with Crippen LogP contribution in [0.3, 0.4) is 0 Å². The highest BCUT2D eigenvalue weighted by Gasteiger charge is 2.18. The zero-order valence-electron chi connectivity index (χ0n) is 12.9. The highest BCUT2D eigenvalue weighted by atomic mass is 15.1. The van der Waals surface area contributed by atoms with Gasteiger partial charge < -0.3 is 0 Å². The average molecular weight is 288 g/mol. The molecular weight excluding hydrogens is 268 g/mol. The number of benzene rings is 1. The van der Waals surface area contributed by atoms with Crippen LogP contribution in [0.1, 0.15) is 30.6 Å². The van der Waals surface area contributed by atoms with Crippen molar-refractivity contribution in [2.75, 3.05) is 0 Å². The van der Waals surface area contributed by atoms with Gasteiger partial charge in [0.2, 0.25) is 0 Å². The Morgan fingerprint density at radius 1 is 1.18 bits per heavy atom. The first-order valence-electron chi connectivity index (χ1n) is 7.56. The monoisotopic (exact) mass is 288 g/mol. The fourth-order valence-corrected chi connectivity index (χ4v) is 2.82. The van der Waals surface area contributed by atoms with Gasteiger partial charge in [-0.3, -0.25) is 4.57 Å². The molecule has 0 amide bonds. The Bertz CT molecular complexity index is 761. The predicted molar refractivity (Wildman–Crippen MR) is 94.6 cm³/mol. The maximum atomic E-state index is 4.79. The lowest BCUT2D eigenvalue weighted by molar-refractivity contribution is 0.738. The van der Waals surface area contributed by atoms with Crippen LogP contribution in [0.15, 0.2) is 61.7 Å². The number of rotatable bonds is 4. The summed E-state index contributed by atoms with van der Waals surface area (Å²) in [5, 5.41) is 0. The Balaban J connectivity index is 2.26. The van der Waals surface area contributed by atoms with Crippen LogP contribution in [0, 0.1) is 5.92 Å². The van der Waals surface area contributed by atoms with Crippen LogP contribution in [0.2, 0.25) is 0 Å². The van der Waals surface area contributed by atoms with Crippen LogP contribution in [0.5, 0.6) is 0 Å². The summed E-state index contributed by atoms with van der Waals surface area (Å²) >= 11 is 0. The standard InChI is InChI=1S/C20H20N2/c1-4-18-19(5-2)22(17-12-7-6-8-13-17)20(21-18)16-11-9-10-15(3)14-16/h4-9,11-15H,1-2,10H2,3H3. The maximum absolute atomic E-state index is 4.79. The molecule has 3 rings (SSSR count). The quantitative estimate of drug-likeness (QED) is 0.762. The second kappa shape index (κ2) is 6.02. The van der Waals surface area contributed by atoms with E-state index in [2.05, 4.69) is 55.0 Å². The van der Waals surface area contributed by atoms with E-state index in [1.165, 1.54) is 0 Å². The minimum Gasteiger partial charge on any atom is -0.292 e. The number of aromatic nitrogens is 2. The molecule has 1 aromatic heterocycles. The minimum absolute atomic E-state index is 0.528. The highest BCUT2D eigenvalue weighted by molar-refractivity contribution is 5.75. The fourth-order valence-electron chi connectivity index (χ4n) is 2.82. The van der Waals surface area contributed by atoms with Crippen molar-refractivity contribution in [3.8, 4) is 5.69 Å². The molecule has 1 aliphatic rings. The highest BCUT2D eigenvalue weighted by Crippen LogP contribution is 2.29. The molecule has 0 fully saturated rings. The van der Waals surface area contributed by atoms with E-state index >= 15 is 0 Å². The van der Waals surface area contributed by atoms with Gasteiger partial charge in [-0.1, -0.05) is 56.5 Å². The van der Waals surface area contributed by atoms with Gasteiger partial charge >= 0.3 is 0 Å². The number of imidazole rings is 1. The second-order valence-corrected chi connectivity index (χ2v) is 5.52. The lowest BCUT2D eigenvalue weighted by atomic mass is 9.97. The molecule has 0 saturated carbocycles. The first kappa shape index (κ1) is 14.3. The molecule has 22 heavy (non-hydrogen) atoms. The summed E-state index contributed by atoms with van der Waals surface area (Å²) in [6, 6.07) is 10.3. The van der Waals surface area contributed by atoms with E-state index in [9.17, 15) is 0 Å². The van der Waals surface area contributed by atoms with Gasteiger partial charge in [0, 0.05) is 11.3 Å². The maximum Gasteiger partial charge on any atom is 0.145 e. The lowest BCUT2D eigenvalue weighted by Crippen LogP contribution is -2.04. The molecule has 2 heteroatoms. The molecule has 1 atom stereocenters. The van der Waals surface area contributed by atoms with Gasteiger partial charge in [0.05, 0.1) is 11.4 Å². The number of allylic oxidation sites excluding steroid dienone is 4. The van der Waals surface area contributed by atoms with E-state index in [1.807, 2.05) is 24.3 Å². The second-order valence-electron chi connectivity index (χ2n) is 5.52. The van der Waals surface area contributed by atoms with Crippen molar-refractivity contribution in [3.05, 3.63) is 78.9 Å². The molecule has 0 aliphatic heterocycles. The Kier molecular flexibility index (Phi) is 3.92. The van der Waals surface area contributed by atoms with Crippen LogP contribution < -0.4 is 0 Å². The van der Waals surface area contributed by atoms with Crippen molar-refractivity contribution < 1.29 is 0 Å². The zero-order valence-corrected chi connectivity index (χ0v) is 12.9. The Morgan fingerprint density at radius 2 is 1.95 bits per heavy atom. The van der Waals surface area contributed by atoms with Crippen molar-refractivity contribution in [2.45, 2.75) is 13.3 Å². The Labute approximate surface area is 131 Å². The van der Waals surface area contributed by atoms with Gasteiger partial charge in [0.15, 0.2) is 0 Å². The third kappa shape index (κ3) is 2.48. The van der Waals surface area contributed by atoms with Gasteiger partial charge in [-0.25, -0.2) is 4.98 Å². The van der Waals surface area contributed by atoms with Crippen molar-refractivity contribution in [2.24, 2.45) is 5.92 Å². The van der Waals surface area contributed by atoms with Gasteiger partial charge in [0.1, 0.15) is 5.82 Å². The molecule has 2 aromatic rings. The fraction of sp³-hybridized carbons (Fsp3) is 0.150. The number of hydrogen-bond donors (Lipinski definition) is 0. The summed E-state index contributed by atoms with van der Waals surface area (Å²) in [7, 11) is 0. The van der Waals surface area contributed by atoms with E-state index in [0.717, 1.165) is 34.9 Å². The number of para-hydroxylation sites is 1. The Hall–Kier alpha value is -2.61. The van der Waals surface area contributed by atoms with Crippen molar-refractivity contribution >= 4 is 17.7 Å². The summed E-state index contributed by atoms with van der Waals surface area (Å²) in [5.74, 6) is 1.47. The molecule has 1 aromatic carbocycles. The van der Waals surface area contributed by atoms with Crippen molar-refractivity contribution in [3.63, 3.8) is 0 Å². The van der Waals surface area contributed by atoms with E-state index in [-0.39, 0.29) is 0 Å². The first-order valence-corrected chi connectivity index (χ1v) is 7.56. The predicted octanol–water partition coefficient (Wildman–Crippen LogP) is 5.14. The van der Waals surface area contributed by atoms with Crippen LogP contribution in [-0.4, -0.2) is 9.55 Å². The third-order valence-electron chi connectivity index (χ3n) is 3.87. The van der Waals surface area contributed by atoms with Gasteiger partial charge in [-0.15, -0.1) is 0 Å². The van der Waals surface area contributed by atoms with Crippen LogP contribution in [0.4, 0.5) is 0 Å². The zero-order chi connectivity index (χ0) is 15.5. The summed E-state index contributed by atoms with van der Waals surface area (Å²) in [6.07, 6.45) is 11.4. The molecular formula is C20H20N2. The van der Waals surface area contributed by atoms with E-state index in [0.29, 0.717) is 5.92 Å². The molecule has 1 aliphatic carbocycles. The van der Waals surface area contributed by atoms with Gasteiger partial charge in [0.25, 0.3) is 0 Å². The molecule has 0 saturated heterocycles. The normalized spacial score (nSPS) is 17.1. The average Bonchev–Trinajstić information content (AvgIpc) is 2.94. The summed E-state index contributed by atoms with van der Waals surface area (Å²) in [5.41, 5.74) is 4.07. The smallest absolute Gasteiger partial charge is 0.145 e. The molecule has 0 radical (unpaired) electrons. The number of nitrogens with zero attached hydrogens (tertiary/aromatic N) is 2. The number of hydrogen-bond acceptors (Lipinski definition) is 1. The molecule has 1 unspecified atom stereocenters. The molecule has 0 N–H and O–H groups in total. The van der Waals surface area contributed by atoms with E-state index < -0.39 is 0 Å². The SMILES string of the molecule is C=Cc1nc(C2=CC(C)CC=C2)n(-c2ccccc2)c1C=C. The van der Waals surface area contributed by atoms with Crippen LogP contribution in [0.25, 0.3) is 23.4 Å². The topological polar surface area (TPSA) is 17.8 Å². The van der Waals surface area contributed by atoms with Crippen LogP contribution in [-0.2, 0) is 0 Å². The summed E-state index contributed by atoms with van der Waals surface area (Å²) < 4.78 is 2.15. The largest absolute Gasteiger partial charge is 0.292 e. The van der Waals surface area contributed by atoms with Crippen molar-refractivity contribution in [1.29, 1.82) is 0 Å². The molecule has 110 valence electrons. The lowest BCUT2D eigenvalue weighted by Gasteiger charge is -2.15. The minimum atomic E-state index is 0.528. The van der Waals surface area contributed by atoms with Gasteiger partial charge in [-0.05, 0) is 36.6 Å². The molecule has 2 nitrogen and oxygen atoms in total. The van der Waals surface area contributed by atoms with E-state index in [1.54, 1.807) is 6.08 Å². The summed E-state index contributed by atoms with van der Waals surface area (Å²) in [4.78, 5) is 4.79. The van der Waals surface area contributed by atoms with Crippen LogP contribution >= 0.6 is 0 Å². The van der Waals surface area contributed by atoms with E-state index in [4.69, 9.17) is 4.98 Å². The molecule has 1 heterocycles. The Morgan fingerprint density at radius 3 is 2.59 bits per heavy atom. The third-order valence-corrected chi connectivity index (χ3v) is 3.87.